The fraction of sp³-hybridized carbons (Fsp3) is 0.308. The molecule has 2 aromatic rings. The summed E-state index contributed by atoms with van der Waals surface area (Å²) < 4.78 is 2.06. The zero-order valence-electron chi connectivity index (χ0n) is 10.9. The van der Waals surface area contributed by atoms with Gasteiger partial charge in [-0.05, 0) is 6.07 Å². The van der Waals surface area contributed by atoms with E-state index in [9.17, 15) is 4.79 Å². The zero-order chi connectivity index (χ0) is 14.4. The van der Waals surface area contributed by atoms with Gasteiger partial charge in [-0.3, -0.25) is 9.78 Å². The molecule has 0 fully saturated rings. The number of carboxylic acids is 1. The van der Waals surface area contributed by atoms with E-state index in [0.717, 1.165) is 34.2 Å². The molecule has 5 nitrogen and oxygen atoms in total. The van der Waals surface area contributed by atoms with E-state index in [1.807, 2.05) is 12.1 Å². The first-order valence-electron chi connectivity index (χ1n) is 6.06. The zero-order valence-corrected chi connectivity index (χ0v) is 12.5. The number of aliphatic carboxylic acids is 1. The van der Waals surface area contributed by atoms with E-state index >= 15 is 0 Å². The van der Waals surface area contributed by atoms with Crippen LogP contribution in [0, 0.1) is 0 Å². The van der Waals surface area contributed by atoms with Gasteiger partial charge >= 0.3 is 5.97 Å². The van der Waals surface area contributed by atoms with E-state index in [4.69, 9.17) is 5.11 Å². The molecule has 2 heterocycles. The summed E-state index contributed by atoms with van der Waals surface area (Å²) in [6.45, 7) is 4.49. The van der Waals surface area contributed by atoms with Gasteiger partial charge in [-0.25, -0.2) is 4.98 Å². The average Bonchev–Trinajstić information content (AvgIpc) is 2.79. The summed E-state index contributed by atoms with van der Waals surface area (Å²) in [4.78, 5) is 19.2. The van der Waals surface area contributed by atoms with Gasteiger partial charge in [0.05, 0.1) is 17.5 Å². The van der Waals surface area contributed by atoms with Crippen LogP contribution < -0.4 is 0 Å². The number of nitrogens with zero attached hydrogens (tertiary/aromatic N) is 3. The molecule has 0 amide bonds. The Hall–Kier alpha value is -1.47. The number of imidazole rings is 1. The van der Waals surface area contributed by atoms with E-state index in [1.54, 1.807) is 24.2 Å². The predicted molar refractivity (Wildman–Crippen MR) is 83.4 cm³/mol. The molecule has 0 atom stereocenters. The standard InChI is InChI=1S/C13H15N3O2S2/c1-2-6-19-7-5-16-11-3-4-14-8-10(11)15-13(16)20-9-12(17)18/h2-4,8H,1,5-7,9H2,(H,17,18). The van der Waals surface area contributed by atoms with E-state index in [0.29, 0.717) is 0 Å². The lowest BCUT2D eigenvalue weighted by Gasteiger charge is -2.07. The first-order chi connectivity index (χ1) is 9.72. The van der Waals surface area contributed by atoms with Crippen LogP contribution >= 0.6 is 23.5 Å². The van der Waals surface area contributed by atoms with Crippen LogP contribution in [0.5, 0.6) is 0 Å². The number of aryl methyl sites for hydroxylation is 1. The number of pyridine rings is 1. The first-order valence-corrected chi connectivity index (χ1v) is 8.20. The predicted octanol–water partition coefficient (Wildman–Crippen LogP) is 2.53. The fourth-order valence-electron chi connectivity index (χ4n) is 1.73. The normalized spacial score (nSPS) is 10.8. The lowest BCUT2D eigenvalue weighted by Crippen LogP contribution is -2.05. The van der Waals surface area contributed by atoms with Crippen molar-refractivity contribution in [2.24, 2.45) is 0 Å². The van der Waals surface area contributed by atoms with Crippen LogP contribution in [0.3, 0.4) is 0 Å². The monoisotopic (exact) mass is 309 g/mol. The summed E-state index contributed by atoms with van der Waals surface area (Å²) >= 11 is 3.03. The molecule has 20 heavy (non-hydrogen) atoms. The quantitative estimate of drug-likeness (QED) is 0.459. The Kier molecular flexibility index (Phi) is 5.49. The summed E-state index contributed by atoms with van der Waals surface area (Å²) in [5.41, 5.74) is 1.79. The maximum Gasteiger partial charge on any atom is 0.313 e. The van der Waals surface area contributed by atoms with Gasteiger partial charge in [0, 0.05) is 24.2 Å². The number of aromatic nitrogens is 3. The summed E-state index contributed by atoms with van der Waals surface area (Å²) in [7, 11) is 0. The second-order valence-electron chi connectivity index (χ2n) is 3.96. The molecule has 2 aromatic heterocycles. The number of carboxylic acid groups (broad SMARTS) is 1. The van der Waals surface area contributed by atoms with Crippen molar-refractivity contribution >= 4 is 40.5 Å². The van der Waals surface area contributed by atoms with Crippen LogP contribution in [0.25, 0.3) is 11.0 Å². The molecule has 0 bridgehead atoms. The van der Waals surface area contributed by atoms with E-state index < -0.39 is 5.97 Å². The van der Waals surface area contributed by atoms with Crippen molar-refractivity contribution in [2.75, 3.05) is 17.3 Å². The first kappa shape index (κ1) is 14.9. The highest BCUT2D eigenvalue weighted by molar-refractivity contribution is 8.00. The lowest BCUT2D eigenvalue weighted by molar-refractivity contribution is -0.133. The molecule has 0 aromatic carbocycles. The van der Waals surface area contributed by atoms with Gasteiger partial charge in [0.15, 0.2) is 5.16 Å². The third-order valence-corrected chi connectivity index (χ3v) is 4.44. The Morgan fingerprint density at radius 2 is 2.40 bits per heavy atom. The van der Waals surface area contributed by atoms with Gasteiger partial charge < -0.3 is 9.67 Å². The van der Waals surface area contributed by atoms with Crippen LogP contribution in [-0.4, -0.2) is 42.9 Å². The van der Waals surface area contributed by atoms with Gasteiger partial charge in [-0.2, -0.15) is 11.8 Å². The molecule has 1 N–H and O–H groups in total. The number of hydrogen-bond donors (Lipinski definition) is 1. The SMILES string of the molecule is C=CCSCCn1c(SCC(=O)O)nc2cnccc21. The molecule has 0 aliphatic heterocycles. The van der Waals surface area contributed by atoms with Crippen LogP contribution in [0.1, 0.15) is 0 Å². The van der Waals surface area contributed by atoms with Crippen LogP contribution in [0.2, 0.25) is 0 Å². The summed E-state index contributed by atoms with van der Waals surface area (Å²) in [6, 6.07) is 1.91. The van der Waals surface area contributed by atoms with Gasteiger partial charge in [0.1, 0.15) is 5.52 Å². The van der Waals surface area contributed by atoms with Gasteiger partial charge in [0.25, 0.3) is 0 Å². The third-order valence-electron chi connectivity index (χ3n) is 2.54. The minimum absolute atomic E-state index is 0.0105. The summed E-state index contributed by atoms with van der Waals surface area (Å²) in [5.74, 6) is 1.01. The lowest BCUT2D eigenvalue weighted by atomic mass is 10.4. The summed E-state index contributed by atoms with van der Waals surface area (Å²) in [5, 5.41) is 9.53. The largest absolute Gasteiger partial charge is 0.481 e. The second kappa shape index (κ2) is 7.35. The highest BCUT2D eigenvalue weighted by Crippen LogP contribution is 2.23. The van der Waals surface area contributed by atoms with Gasteiger partial charge in [-0.1, -0.05) is 17.8 Å². The highest BCUT2D eigenvalue weighted by atomic mass is 32.2. The molecular formula is C13H15N3O2S2. The topological polar surface area (TPSA) is 68.0 Å². The van der Waals surface area contributed by atoms with Crippen molar-refractivity contribution in [3.63, 3.8) is 0 Å². The van der Waals surface area contributed by atoms with Gasteiger partial charge in [-0.15, -0.1) is 6.58 Å². The molecule has 106 valence electrons. The maximum absolute atomic E-state index is 10.7. The number of fused-ring (bicyclic) bond motifs is 1. The Morgan fingerprint density at radius 3 is 3.15 bits per heavy atom. The molecule has 0 spiro atoms. The molecule has 0 aliphatic carbocycles. The van der Waals surface area contributed by atoms with Crippen molar-refractivity contribution in [2.45, 2.75) is 11.7 Å². The summed E-state index contributed by atoms with van der Waals surface area (Å²) in [6.07, 6.45) is 5.30. The minimum atomic E-state index is -0.840. The molecular weight excluding hydrogens is 294 g/mol. The smallest absolute Gasteiger partial charge is 0.313 e. The third kappa shape index (κ3) is 3.77. The van der Waals surface area contributed by atoms with Crippen LogP contribution in [0.4, 0.5) is 0 Å². The molecule has 7 heteroatoms. The van der Waals surface area contributed by atoms with E-state index in [1.165, 1.54) is 11.8 Å². The van der Waals surface area contributed by atoms with Crippen molar-refractivity contribution in [1.82, 2.24) is 14.5 Å². The Morgan fingerprint density at radius 1 is 1.55 bits per heavy atom. The Labute approximate surface area is 125 Å². The highest BCUT2D eigenvalue weighted by Gasteiger charge is 2.12. The molecule has 0 radical (unpaired) electrons. The number of rotatable bonds is 8. The van der Waals surface area contributed by atoms with Crippen molar-refractivity contribution in [3.05, 3.63) is 31.1 Å². The molecule has 2 rings (SSSR count). The minimum Gasteiger partial charge on any atom is -0.481 e. The van der Waals surface area contributed by atoms with Gasteiger partial charge in [0.2, 0.25) is 0 Å². The maximum atomic E-state index is 10.7. The number of carbonyl (C=O) groups is 1. The number of thioether (sulfide) groups is 2. The average molecular weight is 309 g/mol. The number of hydrogen-bond acceptors (Lipinski definition) is 5. The van der Waals surface area contributed by atoms with Crippen molar-refractivity contribution in [1.29, 1.82) is 0 Å². The molecule has 0 aliphatic rings. The van der Waals surface area contributed by atoms with E-state index in [-0.39, 0.29) is 5.75 Å². The molecule has 0 saturated carbocycles. The Bertz CT molecular complexity index is 613. The van der Waals surface area contributed by atoms with E-state index in [2.05, 4.69) is 21.1 Å². The van der Waals surface area contributed by atoms with Crippen molar-refractivity contribution < 1.29 is 9.90 Å². The second-order valence-corrected chi connectivity index (χ2v) is 6.05. The Balaban J connectivity index is 2.19. The molecule has 0 unspecified atom stereocenters. The van der Waals surface area contributed by atoms with Crippen molar-refractivity contribution in [3.8, 4) is 0 Å². The molecule has 0 saturated heterocycles. The fourth-order valence-corrected chi connectivity index (χ4v) is 3.14. The van der Waals surface area contributed by atoms with Crippen LogP contribution in [-0.2, 0) is 11.3 Å². The van der Waals surface area contributed by atoms with Crippen LogP contribution in [0.15, 0.2) is 36.3 Å².